The predicted octanol–water partition coefficient (Wildman–Crippen LogP) is 2.45. The smallest absolute Gasteiger partial charge is 0.256 e. The van der Waals surface area contributed by atoms with Crippen LogP contribution in [-0.4, -0.2) is 37.1 Å². The number of hydrogen-bond acceptors (Lipinski definition) is 4. The molecular weight excluding hydrogens is 290 g/mol. The molecular formula is C17H21N5O. The van der Waals surface area contributed by atoms with Crippen LogP contribution in [-0.2, 0) is 6.54 Å². The number of carbonyl (C=O) groups is 1. The summed E-state index contributed by atoms with van der Waals surface area (Å²) in [4.78, 5) is 18.9. The van der Waals surface area contributed by atoms with Crippen LogP contribution in [0.2, 0.25) is 0 Å². The molecule has 23 heavy (non-hydrogen) atoms. The standard InChI is InChI=1S/C17H21N5O/c23-17(14-4-3-8-18-10-14)22-9-2-1-5-15(22)16-20-19-12-21(16)11-13-6-7-13/h3-4,8,10,12-13,15H,1-2,5-7,9,11H2/t15-/m1/s1. The van der Waals surface area contributed by atoms with Crippen molar-refractivity contribution in [2.24, 2.45) is 5.92 Å². The Balaban J connectivity index is 1.60. The average molecular weight is 311 g/mol. The summed E-state index contributed by atoms with van der Waals surface area (Å²) in [6.07, 6.45) is 10.8. The molecule has 2 aliphatic rings. The fourth-order valence-corrected chi connectivity index (χ4v) is 3.34. The highest BCUT2D eigenvalue weighted by molar-refractivity contribution is 5.94. The predicted molar refractivity (Wildman–Crippen MR) is 84.6 cm³/mol. The first-order valence-corrected chi connectivity index (χ1v) is 8.41. The van der Waals surface area contributed by atoms with Gasteiger partial charge in [-0.15, -0.1) is 10.2 Å². The van der Waals surface area contributed by atoms with Crippen molar-refractivity contribution in [1.29, 1.82) is 0 Å². The van der Waals surface area contributed by atoms with Gasteiger partial charge in [0.2, 0.25) is 0 Å². The topological polar surface area (TPSA) is 63.9 Å². The van der Waals surface area contributed by atoms with Crippen molar-refractivity contribution >= 4 is 5.91 Å². The van der Waals surface area contributed by atoms with E-state index in [0.29, 0.717) is 5.56 Å². The zero-order chi connectivity index (χ0) is 15.6. The molecule has 0 unspecified atom stereocenters. The molecule has 2 fully saturated rings. The molecule has 1 saturated carbocycles. The van der Waals surface area contributed by atoms with Crippen LogP contribution in [0.15, 0.2) is 30.9 Å². The normalized spacial score (nSPS) is 21.4. The average Bonchev–Trinajstić information content (AvgIpc) is 3.30. The van der Waals surface area contributed by atoms with Crippen molar-refractivity contribution in [2.45, 2.75) is 44.7 Å². The van der Waals surface area contributed by atoms with Crippen molar-refractivity contribution < 1.29 is 4.79 Å². The summed E-state index contributed by atoms with van der Waals surface area (Å²) >= 11 is 0. The Kier molecular flexibility index (Phi) is 3.81. The van der Waals surface area contributed by atoms with E-state index >= 15 is 0 Å². The Morgan fingerprint density at radius 3 is 2.96 bits per heavy atom. The van der Waals surface area contributed by atoms with Crippen molar-refractivity contribution in [2.75, 3.05) is 6.54 Å². The highest BCUT2D eigenvalue weighted by atomic mass is 16.2. The maximum Gasteiger partial charge on any atom is 0.256 e. The van der Waals surface area contributed by atoms with E-state index in [0.717, 1.165) is 44.1 Å². The lowest BCUT2D eigenvalue weighted by molar-refractivity contribution is 0.0593. The Labute approximate surface area is 135 Å². The summed E-state index contributed by atoms with van der Waals surface area (Å²) in [5, 5.41) is 8.46. The molecule has 1 aliphatic carbocycles. The summed E-state index contributed by atoms with van der Waals surface area (Å²) in [5.41, 5.74) is 0.646. The van der Waals surface area contributed by atoms with E-state index in [1.165, 1.54) is 12.8 Å². The van der Waals surface area contributed by atoms with Crippen LogP contribution >= 0.6 is 0 Å². The number of rotatable bonds is 4. The second kappa shape index (κ2) is 6.10. The van der Waals surface area contributed by atoms with Gasteiger partial charge in [-0.1, -0.05) is 0 Å². The van der Waals surface area contributed by atoms with Crippen molar-refractivity contribution in [3.63, 3.8) is 0 Å². The van der Waals surface area contributed by atoms with Crippen molar-refractivity contribution in [1.82, 2.24) is 24.6 Å². The molecule has 1 aliphatic heterocycles. The fraction of sp³-hybridized carbons (Fsp3) is 0.529. The lowest BCUT2D eigenvalue weighted by Gasteiger charge is -2.35. The van der Waals surface area contributed by atoms with Crippen LogP contribution in [0.5, 0.6) is 0 Å². The van der Waals surface area contributed by atoms with E-state index in [9.17, 15) is 4.79 Å². The van der Waals surface area contributed by atoms with Crippen LogP contribution in [0.25, 0.3) is 0 Å². The lowest BCUT2D eigenvalue weighted by atomic mass is 10.00. The minimum absolute atomic E-state index is 0.0257. The van der Waals surface area contributed by atoms with Gasteiger partial charge in [-0.25, -0.2) is 0 Å². The van der Waals surface area contributed by atoms with Crippen LogP contribution < -0.4 is 0 Å². The molecule has 6 nitrogen and oxygen atoms in total. The van der Waals surface area contributed by atoms with E-state index < -0.39 is 0 Å². The third-order valence-electron chi connectivity index (χ3n) is 4.77. The van der Waals surface area contributed by atoms with Gasteiger partial charge in [-0.2, -0.15) is 0 Å². The molecule has 2 aromatic heterocycles. The zero-order valence-corrected chi connectivity index (χ0v) is 13.1. The molecule has 6 heteroatoms. The molecule has 1 saturated heterocycles. The molecule has 4 rings (SSSR count). The third kappa shape index (κ3) is 2.98. The SMILES string of the molecule is O=C(c1cccnc1)N1CCCC[C@@H]1c1nncn1CC1CC1. The van der Waals surface area contributed by atoms with Gasteiger partial charge in [0.15, 0.2) is 5.82 Å². The van der Waals surface area contributed by atoms with Gasteiger partial charge in [-0.3, -0.25) is 9.78 Å². The first-order chi connectivity index (χ1) is 11.3. The van der Waals surface area contributed by atoms with E-state index in [-0.39, 0.29) is 11.9 Å². The molecule has 0 spiro atoms. The number of pyridine rings is 1. The number of amides is 1. The van der Waals surface area contributed by atoms with Crippen LogP contribution in [0, 0.1) is 5.92 Å². The molecule has 120 valence electrons. The monoisotopic (exact) mass is 311 g/mol. The molecule has 0 radical (unpaired) electrons. The number of hydrogen-bond donors (Lipinski definition) is 0. The molecule has 3 heterocycles. The second-order valence-electron chi connectivity index (χ2n) is 6.54. The van der Waals surface area contributed by atoms with Crippen molar-refractivity contribution in [3.05, 3.63) is 42.2 Å². The Morgan fingerprint density at radius 2 is 2.17 bits per heavy atom. The number of piperidine rings is 1. The minimum Gasteiger partial charge on any atom is -0.328 e. The molecule has 1 atom stereocenters. The first kappa shape index (κ1) is 14.4. The van der Waals surface area contributed by atoms with Crippen LogP contribution in [0.4, 0.5) is 0 Å². The Hall–Kier alpha value is -2.24. The first-order valence-electron chi connectivity index (χ1n) is 8.41. The summed E-state index contributed by atoms with van der Waals surface area (Å²) < 4.78 is 2.15. The quantitative estimate of drug-likeness (QED) is 0.870. The Bertz CT molecular complexity index is 679. The van der Waals surface area contributed by atoms with Crippen LogP contribution in [0.1, 0.15) is 54.3 Å². The molecule has 0 N–H and O–H groups in total. The maximum absolute atomic E-state index is 12.9. The van der Waals surface area contributed by atoms with Gasteiger partial charge < -0.3 is 9.47 Å². The van der Waals surface area contributed by atoms with E-state index in [4.69, 9.17) is 0 Å². The van der Waals surface area contributed by atoms with Gasteiger partial charge in [-0.05, 0) is 50.2 Å². The number of carbonyl (C=O) groups excluding carboxylic acids is 1. The fourth-order valence-electron chi connectivity index (χ4n) is 3.34. The highest BCUT2D eigenvalue weighted by Gasteiger charge is 2.33. The van der Waals surface area contributed by atoms with Gasteiger partial charge in [0.05, 0.1) is 11.6 Å². The van der Waals surface area contributed by atoms with E-state index in [1.54, 1.807) is 12.4 Å². The third-order valence-corrected chi connectivity index (χ3v) is 4.77. The molecule has 1 amide bonds. The van der Waals surface area contributed by atoms with Gasteiger partial charge in [0, 0.05) is 25.5 Å². The van der Waals surface area contributed by atoms with E-state index in [1.807, 2.05) is 23.4 Å². The van der Waals surface area contributed by atoms with Crippen molar-refractivity contribution in [3.8, 4) is 0 Å². The second-order valence-corrected chi connectivity index (χ2v) is 6.54. The number of likely N-dealkylation sites (tertiary alicyclic amines) is 1. The molecule has 0 bridgehead atoms. The summed E-state index contributed by atoms with van der Waals surface area (Å²) in [6.45, 7) is 1.75. The Morgan fingerprint density at radius 1 is 1.26 bits per heavy atom. The summed E-state index contributed by atoms with van der Waals surface area (Å²) in [6, 6.07) is 3.66. The molecule has 0 aromatic carbocycles. The number of aromatic nitrogens is 4. The van der Waals surface area contributed by atoms with Gasteiger partial charge in [0.1, 0.15) is 6.33 Å². The number of nitrogens with zero attached hydrogens (tertiary/aromatic N) is 5. The summed E-state index contributed by atoms with van der Waals surface area (Å²) in [7, 11) is 0. The minimum atomic E-state index is 0.0257. The molecule has 2 aromatic rings. The highest BCUT2D eigenvalue weighted by Crippen LogP contribution is 2.34. The maximum atomic E-state index is 12.9. The van der Waals surface area contributed by atoms with Gasteiger partial charge >= 0.3 is 0 Å². The summed E-state index contributed by atoms with van der Waals surface area (Å²) in [5.74, 6) is 1.74. The zero-order valence-electron chi connectivity index (χ0n) is 13.1. The largest absolute Gasteiger partial charge is 0.328 e. The lowest BCUT2D eigenvalue weighted by Crippen LogP contribution is -2.39. The van der Waals surface area contributed by atoms with Gasteiger partial charge in [0.25, 0.3) is 5.91 Å². The van der Waals surface area contributed by atoms with E-state index in [2.05, 4.69) is 19.7 Å². The van der Waals surface area contributed by atoms with Crippen LogP contribution in [0.3, 0.4) is 0 Å².